The molecule has 1 aliphatic rings. The lowest BCUT2D eigenvalue weighted by Gasteiger charge is -2.30. The Labute approximate surface area is 121 Å². The van der Waals surface area contributed by atoms with Crippen LogP contribution in [0.2, 0.25) is 0 Å². The number of nitrogens with one attached hydrogen (secondary N) is 1. The van der Waals surface area contributed by atoms with Crippen LogP contribution in [0.25, 0.3) is 0 Å². The van der Waals surface area contributed by atoms with Crippen LogP contribution < -0.4 is 11.1 Å². The maximum absolute atomic E-state index is 12.4. The first kappa shape index (κ1) is 14.9. The molecular weight excluding hydrogens is 248 g/mol. The fourth-order valence-corrected chi connectivity index (χ4v) is 3.12. The van der Waals surface area contributed by atoms with Crippen LogP contribution in [0.4, 0.5) is 5.69 Å². The van der Waals surface area contributed by atoms with Crippen LogP contribution in [0.5, 0.6) is 0 Å². The zero-order chi connectivity index (χ0) is 14.5. The maximum atomic E-state index is 12.4. The molecule has 0 heterocycles. The number of carbonyl (C=O) groups excluding carboxylic acids is 1. The summed E-state index contributed by atoms with van der Waals surface area (Å²) < 4.78 is 0. The molecule has 3 heteroatoms. The van der Waals surface area contributed by atoms with Gasteiger partial charge in [-0.15, -0.1) is 0 Å². The lowest BCUT2D eigenvalue weighted by Crippen LogP contribution is -2.40. The molecular formula is C17H26N2O. The van der Waals surface area contributed by atoms with E-state index in [-0.39, 0.29) is 5.91 Å². The first-order valence-electron chi connectivity index (χ1n) is 7.78. The van der Waals surface area contributed by atoms with Crippen LogP contribution >= 0.6 is 0 Å². The average Bonchev–Trinajstić information content (AvgIpc) is 2.48. The quantitative estimate of drug-likeness (QED) is 0.823. The highest BCUT2D eigenvalue weighted by atomic mass is 16.1. The third-order valence-corrected chi connectivity index (χ3v) is 4.52. The van der Waals surface area contributed by atoms with E-state index in [9.17, 15) is 4.79 Å². The van der Waals surface area contributed by atoms with Gasteiger partial charge in [-0.3, -0.25) is 4.79 Å². The van der Waals surface area contributed by atoms with E-state index in [0.29, 0.717) is 23.2 Å². The van der Waals surface area contributed by atoms with Crippen molar-refractivity contribution in [2.24, 2.45) is 5.92 Å². The second-order valence-electron chi connectivity index (χ2n) is 5.96. The highest BCUT2D eigenvalue weighted by Gasteiger charge is 2.24. The van der Waals surface area contributed by atoms with E-state index < -0.39 is 0 Å². The van der Waals surface area contributed by atoms with Crippen molar-refractivity contribution in [3.05, 3.63) is 29.3 Å². The Morgan fingerprint density at radius 1 is 1.35 bits per heavy atom. The van der Waals surface area contributed by atoms with E-state index in [1.165, 1.54) is 32.1 Å². The Morgan fingerprint density at radius 2 is 2.05 bits per heavy atom. The number of hydrogen-bond acceptors (Lipinski definition) is 2. The minimum atomic E-state index is 0.00845. The maximum Gasteiger partial charge on any atom is 0.251 e. The second-order valence-corrected chi connectivity index (χ2v) is 5.96. The standard InChI is InChI=1S/C17H26N2O/c1-3-16(13-7-5-4-6-8-13)19-17(20)14-10-9-12(2)15(18)11-14/h9-11,13,16H,3-8,18H2,1-2H3,(H,19,20). The molecule has 110 valence electrons. The molecule has 3 nitrogen and oxygen atoms in total. The molecule has 20 heavy (non-hydrogen) atoms. The van der Waals surface area contributed by atoms with Gasteiger partial charge in [-0.1, -0.05) is 32.3 Å². The lowest BCUT2D eigenvalue weighted by molar-refractivity contribution is 0.0911. The summed E-state index contributed by atoms with van der Waals surface area (Å²) in [6.07, 6.45) is 7.43. The summed E-state index contributed by atoms with van der Waals surface area (Å²) in [6.45, 7) is 4.11. The van der Waals surface area contributed by atoms with Crippen molar-refractivity contribution in [3.63, 3.8) is 0 Å². The average molecular weight is 274 g/mol. The molecule has 0 spiro atoms. The number of nitrogens with two attached hydrogens (primary N) is 1. The first-order valence-corrected chi connectivity index (χ1v) is 7.78. The van der Waals surface area contributed by atoms with Gasteiger partial charge in [0.25, 0.3) is 5.91 Å². The molecule has 3 N–H and O–H groups in total. The van der Waals surface area contributed by atoms with E-state index in [4.69, 9.17) is 5.73 Å². The van der Waals surface area contributed by atoms with Crippen molar-refractivity contribution in [3.8, 4) is 0 Å². The Morgan fingerprint density at radius 3 is 2.65 bits per heavy atom. The van der Waals surface area contributed by atoms with Crippen LogP contribution in [-0.2, 0) is 0 Å². The van der Waals surface area contributed by atoms with Crippen molar-refractivity contribution >= 4 is 11.6 Å². The molecule has 0 aliphatic heterocycles. The predicted molar refractivity (Wildman–Crippen MR) is 83.7 cm³/mol. The SMILES string of the molecule is CCC(NC(=O)c1ccc(C)c(N)c1)C1CCCCC1. The second kappa shape index (κ2) is 6.78. The third kappa shape index (κ3) is 3.53. The molecule has 1 aliphatic carbocycles. The van der Waals surface area contributed by atoms with E-state index in [1.807, 2.05) is 19.1 Å². The molecule has 0 saturated heterocycles. The summed E-state index contributed by atoms with van der Waals surface area (Å²) in [7, 11) is 0. The smallest absolute Gasteiger partial charge is 0.251 e. The van der Waals surface area contributed by atoms with Gasteiger partial charge in [0.05, 0.1) is 0 Å². The van der Waals surface area contributed by atoms with Crippen molar-refractivity contribution < 1.29 is 4.79 Å². The van der Waals surface area contributed by atoms with Crippen molar-refractivity contribution in [1.82, 2.24) is 5.32 Å². The van der Waals surface area contributed by atoms with Crippen LogP contribution in [0.15, 0.2) is 18.2 Å². The summed E-state index contributed by atoms with van der Waals surface area (Å²) in [5, 5.41) is 3.20. The van der Waals surface area contributed by atoms with Gasteiger partial charge in [-0.2, -0.15) is 0 Å². The van der Waals surface area contributed by atoms with Gasteiger partial charge >= 0.3 is 0 Å². The monoisotopic (exact) mass is 274 g/mol. The topological polar surface area (TPSA) is 55.1 Å². The van der Waals surface area contributed by atoms with Crippen LogP contribution in [0.1, 0.15) is 61.4 Å². The molecule has 1 aromatic rings. The summed E-state index contributed by atoms with van der Waals surface area (Å²) >= 11 is 0. The van der Waals surface area contributed by atoms with E-state index in [1.54, 1.807) is 6.07 Å². The third-order valence-electron chi connectivity index (χ3n) is 4.52. The van der Waals surface area contributed by atoms with Crippen molar-refractivity contribution in [2.75, 3.05) is 5.73 Å². The number of rotatable bonds is 4. The number of benzene rings is 1. The van der Waals surface area contributed by atoms with Gasteiger partial charge in [0.1, 0.15) is 0 Å². The molecule has 1 atom stereocenters. The molecule has 1 amide bonds. The largest absolute Gasteiger partial charge is 0.398 e. The summed E-state index contributed by atoms with van der Waals surface area (Å²) in [6, 6.07) is 5.84. The molecule has 1 fully saturated rings. The zero-order valence-corrected chi connectivity index (χ0v) is 12.6. The van der Waals surface area contributed by atoms with Crippen LogP contribution in [0, 0.1) is 12.8 Å². The van der Waals surface area contributed by atoms with Crippen LogP contribution in [0.3, 0.4) is 0 Å². The molecule has 0 radical (unpaired) electrons. The Kier molecular flexibility index (Phi) is 5.05. The van der Waals surface area contributed by atoms with Gasteiger partial charge in [-0.05, 0) is 49.8 Å². The zero-order valence-electron chi connectivity index (χ0n) is 12.6. The number of amides is 1. The highest BCUT2D eigenvalue weighted by molar-refractivity contribution is 5.95. The van der Waals surface area contributed by atoms with Gasteiger partial charge in [0.15, 0.2) is 0 Å². The fourth-order valence-electron chi connectivity index (χ4n) is 3.12. The van der Waals surface area contributed by atoms with Crippen molar-refractivity contribution in [1.29, 1.82) is 0 Å². The first-order chi connectivity index (χ1) is 9.61. The fraction of sp³-hybridized carbons (Fsp3) is 0.588. The van der Waals surface area contributed by atoms with Gasteiger partial charge in [-0.25, -0.2) is 0 Å². The summed E-state index contributed by atoms with van der Waals surface area (Å²) in [5.74, 6) is 0.648. The number of hydrogen-bond donors (Lipinski definition) is 2. The normalized spacial score (nSPS) is 17.7. The Hall–Kier alpha value is -1.51. The summed E-state index contributed by atoms with van der Waals surface area (Å²) in [5.41, 5.74) is 8.25. The van der Waals surface area contributed by atoms with E-state index >= 15 is 0 Å². The van der Waals surface area contributed by atoms with Crippen molar-refractivity contribution in [2.45, 2.75) is 58.4 Å². The number of aryl methyl sites for hydroxylation is 1. The highest BCUT2D eigenvalue weighted by Crippen LogP contribution is 2.28. The molecule has 0 bridgehead atoms. The molecule has 1 aromatic carbocycles. The number of anilines is 1. The molecule has 0 aromatic heterocycles. The predicted octanol–water partition coefficient (Wildman–Crippen LogP) is 3.67. The Balaban J connectivity index is 2.02. The number of nitrogen functional groups attached to an aromatic ring is 1. The Bertz CT molecular complexity index is 464. The minimum Gasteiger partial charge on any atom is -0.398 e. The minimum absolute atomic E-state index is 0.00845. The number of carbonyl (C=O) groups is 1. The van der Waals surface area contributed by atoms with Crippen LogP contribution in [-0.4, -0.2) is 11.9 Å². The van der Waals surface area contributed by atoms with Gasteiger partial charge in [0, 0.05) is 17.3 Å². The molecule has 1 unspecified atom stereocenters. The summed E-state index contributed by atoms with van der Waals surface area (Å²) in [4.78, 5) is 12.4. The van der Waals surface area contributed by atoms with E-state index in [0.717, 1.165) is 12.0 Å². The molecule has 1 saturated carbocycles. The molecule has 2 rings (SSSR count). The van der Waals surface area contributed by atoms with Gasteiger partial charge in [0.2, 0.25) is 0 Å². The van der Waals surface area contributed by atoms with Gasteiger partial charge < -0.3 is 11.1 Å². The lowest BCUT2D eigenvalue weighted by atomic mass is 9.83. The van der Waals surface area contributed by atoms with E-state index in [2.05, 4.69) is 12.2 Å².